The summed E-state index contributed by atoms with van der Waals surface area (Å²) in [4.78, 5) is 32.9. The van der Waals surface area contributed by atoms with Gasteiger partial charge in [-0.15, -0.1) is 0 Å². The monoisotopic (exact) mass is 1080 g/mol. The summed E-state index contributed by atoms with van der Waals surface area (Å²) in [6, 6.07) is 17.5. The van der Waals surface area contributed by atoms with Crippen molar-refractivity contribution >= 4 is 40.5 Å². The summed E-state index contributed by atoms with van der Waals surface area (Å²) in [7, 11) is 0. The van der Waals surface area contributed by atoms with Gasteiger partial charge in [0.15, 0.2) is 0 Å². The maximum absolute atomic E-state index is 11.9. The first-order valence-corrected chi connectivity index (χ1v) is 21.2. The predicted molar refractivity (Wildman–Crippen MR) is 230 cm³/mol. The topological polar surface area (TPSA) is 198 Å². The first-order chi connectivity index (χ1) is 30.4. The minimum atomic E-state index is -4.17. The Kier molecular flexibility index (Phi) is 38.8. The molecule has 1 heterocycles. The molecule has 0 spiro atoms. The van der Waals surface area contributed by atoms with Gasteiger partial charge in [0.2, 0.25) is 0 Å². The van der Waals surface area contributed by atoms with Crippen LogP contribution in [0.1, 0.15) is 103 Å². The van der Waals surface area contributed by atoms with Crippen LogP contribution < -0.4 is 44.9 Å². The number of nitrogens with two attached hydrogens (primary N) is 1. The standard InChI is InChI=1S/C13H15F3O3.C11H11F3O3.C9H10O3.C5H10O.C4H6F3I.H3N2O.Na/c1-2-18-12(17)10-4-6-11(7-5-10)19-9-3-8-13(14,15)16;12-11(13,14)6-1-7-17-9-4-2-8(3-5-9)10(15)16;1-2-12-9(11)7-3-5-8(10)6-4-7;1-5-3-2-4-6-5;5-4(6,7)2-1-3-8;1-2-3;/h4-7H,2-3,8-9H2,1H3;2-5H,1,6-7H2,(H,15,16);3-6,10H,2H2,1H3;5H,2-4H2,1H3;1-3H2;3H,1H2;/q;;;;;-1;+1. The molecule has 0 bridgehead atoms. The minimum absolute atomic E-state index is 0. The number of aromatic carboxylic acids is 1. The Balaban J connectivity index is -0.000000772. The van der Waals surface area contributed by atoms with Gasteiger partial charge in [0, 0.05) is 25.9 Å². The second-order valence-corrected chi connectivity index (χ2v) is 13.9. The summed E-state index contributed by atoms with van der Waals surface area (Å²) < 4.78 is 130. The van der Waals surface area contributed by atoms with Gasteiger partial charge in [0.05, 0.1) is 49.2 Å². The first kappa shape index (κ1) is 66.7. The molecule has 66 heavy (non-hydrogen) atoms. The number of carbonyl (C=O) groups excluding carboxylic acids is 2. The number of carbonyl (C=O) groups is 3. The fourth-order valence-electron chi connectivity index (χ4n) is 4.34. The van der Waals surface area contributed by atoms with Gasteiger partial charge in [-0.3, -0.25) is 0 Å². The molecule has 0 saturated carbocycles. The number of ether oxygens (including phenoxy) is 5. The van der Waals surface area contributed by atoms with Crippen molar-refractivity contribution < 1.29 is 123 Å². The zero-order valence-electron chi connectivity index (χ0n) is 36.8. The Hall–Kier alpha value is -3.59. The fraction of sp³-hybridized carbons (Fsp3) is 0.500. The van der Waals surface area contributed by atoms with Crippen LogP contribution in [-0.2, 0) is 14.2 Å². The molecular formula is C42H55F9IN2NaO11. The fourth-order valence-corrected chi connectivity index (χ4v) is 4.72. The number of carboxylic acids is 1. The zero-order valence-corrected chi connectivity index (χ0v) is 41.0. The van der Waals surface area contributed by atoms with E-state index < -0.39 is 49.7 Å². The number of alkyl halides is 10. The molecule has 0 aliphatic carbocycles. The van der Waals surface area contributed by atoms with Gasteiger partial charge in [0.1, 0.15) is 17.2 Å². The molecule has 1 aliphatic rings. The van der Waals surface area contributed by atoms with E-state index in [2.05, 4.69) is 12.8 Å². The van der Waals surface area contributed by atoms with Crippen LogP contribution in [0.4, 0.5) is 39.5 Å². The maximum Gasteiger partial charge on any atom is 1.00 e. The number of hydrogen-bond donors (Lipinski definition) is 4. The molecule has 1 unspecified atom stereocenters. The van der Waals surface area contributed by atoms with E-state index in [-0.39, 0.29) is 85.9 Å². The van der Waals surface area contributed by atoms with E-state index in [0.29, 0.717) is 39.8 Å². The van der Waals surface area contributed by atoms with Gasteiger partial charge in [-0.1, -0.05) is 22.6 Å². The van der Waals surface area contributed by atoms with Crippen LogP contribution in [-0.4, -0.2) is 95.4 Å². The van der Waals surface area contributed by atoms with E-state index >= 15 is 0 Å². The molecule has 4 rings (SSSR count). The van der Waals surface area contributed by atoms with Crippen molar-refractivity contribution in [3.63, 3.8) is 0 Å². The van der Waals surface area contributed by atoms with Gasteiger partial charge >= 0.3 is 66.0 Å². The van der Waals surface area contributed by atoms with Crippen LogP contribution in [0.2, 0.25) is 0 Å². The van der Waals surface area contributed by atoms with Crippen LogP contribution in [0, 0.1) is 0 Å². The van der Waals surface area contributed by atoms with Crippen LogP contribution >= 0.6 is 22.6 Å². The number of esters is 2. The average molecular weight is 1080 g/mol. The molecule has 0 radical (unpaired) electrons. The second kappa shape index (κ2) is 38.4. The van der Waals surface area contributed by atoms with Crippen molar-refractivity contribution in [2.45, 2.75) is 96.8 Å². The van der Waals surface area contributed by atoms with Crippen LogP contribution in [0.15, 0.2) is 72.8 Å². The number of nitrogens with zero attached hydrogens (tertiary/aromatic N) is 1. The number of aromatic hydroxyl groups is 1. The second-order valence-electron chi connectivity index (χ2n) is 12.8. The number of phenolic OH excluding ortho intramolecular Hbond substituents is 1. The van der Waals surface area contributed by atoms with Crippen molar-refractivity contribution in [2.24, 2.45) is 5.84 Å². The normalized spacial score (nSPS) is 12.7. The van der Waals surface area contributed by atoms with Gasteiger partial charge in [0.25, 0.3) is 0 Å². The van der Waals surface area contributed by atoms with E-state index in [9.17, 15) is 53.9 Å². The molecule has 1 fully saturated rings. The van der Waals surface area contributed by atoms with Crippen molar-refractivity contribution in [1.29, 1.82) is 0 Å². The SMILES string of the molecule is CC1CCCO1.CCOC(=O)c1ccc(O)cc1.CCOC(=O)c1ccc(OCCCC(F)(F)F)cc1.FC(F)(F)CCCI.N[N-]O.O=C(O)c1ccc(OCCCC(F)(F)F)cc1.[Na+]. The van der Waals surface area contributed by atoms with Gasteiger partial charge < -0.3 is 50.5 Å². The molecule has 3 aromatic carbocycles. The maximum atomic E-state index is 11.9. The average Bonchev–Trinajstić information content (AvgIpc) is 3.72. The molecule has 370 valence electrons. The predicted octanol–water partition coefficient (Wildman–Crippen LogP) is 8.84. The van der Waals surface area contributed by atoms with Crippen LogP contribution in [0.25, 0.3) is 5.59 Å². The van der Waals surface area contributed by atoms with Crippen molar-refractivity contribution in [3.05, 3.63) is 95.1 Å². The first-order valence-electron chi connectivity index (χ1n) is 19.7. The van der Waals surface area contributed by atoms with E-state index in [0.717, 1.165) is 6.61 Å². The van der Waals surface area contributed by atoms with Gasteiger partial charge in [-0.25, -0.2) is 14.4 Å². The molecule has 1 atom stereocenters. The van der Waals surface area contributed by atoms with Crippen LogP contribution in [0.5, 0.6) is 17.2 Å². The molecule has 1 saturated heterocycles. The Morgan fingerprint density at radius 1 is 0.697 bits per heavy atom. The van der Waals surface area contributed by atoms with Crippen LogP contribution in [0.3, 0.4) is 0 Å². The number of carboxylic acid groups (broad SMARTS) is 1. The van der Waals surface area contributed by atoms with E-state index in [1.165, 1.54) is 85.6 Å². The number of halogens is 10. The van der Waals surface area contributed by atoms with Crippen molar-refractivity contribution in [3.8, 4) is 17.2 Å². The third kappa shape index (κ3) is 40.7. The van der Waals surface area contributed by atoms with E-state index in [1.54, 1.807) is 13.8 Å². The Morgan fingerprint density at radius 3 is 1.30 bits per heavy atom. The Labute approximate surface area is 413 Å². The number of hydrogen-bond acceptors (Lipinski definition) is 11. The van der Waals surface area contributed by atoms with Crippen molar-refractivity contribution in [1.82, 2.24) is 0 Å². The van der Waals surface area contributed by atoms with E-state index in [4.69, 9.17) is 39.1 Å². The Bertz CT molecular complexity index is 1690. The molecule has 1 aliphatic heterocycles. The molecule has 24 heteroatoms. The summed E-state index contributed by atoms with van der Waals surface area (Å²) in [6.45, 7) is 7.14. The molecule has 13 nitrogen and oxygen atoms in total. The largest absolute Gasteiger partial charge is 1.00 e. The number of rotatable bonds is 15. The summed E-state index contributed by atoms with van der Waals surface area (Å²) >= 11 is 1.93. The van der Waals surface area contributed by atoms with Crippen molar-refractivity contribution in [2.75, 3.05) is 37.5 Å². The summed E-state index contributed by atoms with van der Waals surface area (Å²) in [6.07, 6.45) is -11.6. The summed E-state index contributed by atoms with van der Waals surface area (Å²) in [5.74, 6) is 3.09. The van der Waals surface area contributed by atoms with E-state index in [1.807, 2.05) is 28.2 Å². The summed E-state index contributed by atoms with van der Waals surface area (Å²) in [5.41, 5.74) is 2.94. The minimum Gasteiger partial charge on any atom is -0.508 e. The summed E-state index contributed by atoms with van der Waals surface area (Å²) in [5, 5.41) is 24.5. The smallest absolute Gasteiger partial charge is 0.508 e. The van der Waals surface area contributed by atoms with Gasteiger partial charge in [-0.05, 0) is 130 Å². The van der Waals surface area contributed by atoms with Gasteiger partial charge in [-0.2, -0.15) is 39.5 Å². The third-order valence-electron chi connectivity index (χ3n) is 7.34. The molecule has 3 aromatic rings. The molecule has 0 amide bonds. The number of benzene rings is 3. The molecular weight excluding hydrogens is 1030 g/mol. The number of phenols is 1. The Morgan fingerprint density at radius 2 is 1.05 bits per heavy atom. The molecule has 0 aromatic heterocycles. The molecule has 5 N–H and O–H groups in total. The quantitative estimate of drug-likeness (QED) is 0.0165. The zero-order chi connectivity index (χ0) is 49.9. The third-order valence-corrected chi connectivity index (χ3v) is 8.11.